The van der Waals surface area contributed by atoms with Gasteiger partial charge in [0.1, 0.15) is 11.5 Å². The third-order valence-corrected chi connectivity index (χ3v) is 2.22. The molecule has 0 aromatic heterocycles. The average Bonchev–Trinajstić information content (AvgIpc) is 2.26. The Morgan fingerprint density at radius 3 is 2.93 bits per heavy atom. The zero-order valence-electron chi connectivity index (χ0n) is 8.29. The van der Waals surface area contributed by atoms with E-state index in [9.17, 15) is 9.90 Å². The van der Waals surface area contributed by atoms with Crippen LogP contribution < -0.4 is 10.1 Å². The van der Waals surface area contributed by atoms with Gasteiger partial charge in [0.15, 0.2) is 0 Å². The SMILES string of the molecule is COc1ccc(O)c(C(=O)NCCBr)c1. The Balaban J connectivity index is 2.86. The van der Waals surface area contributed by atoms with E-state index in [0.29, 0.717) is 17.6 Å². The Morgan fingerprint density at radius 1 is 1.60 bits per heavy atom. The molecule has 5 heteroatoms. The summed E-state index contributed by atoms with van der Waals surface area (Å²) in [6, 6.07) is 4.53. The van der Waals surface area contributed by atoms with Crippen molar-refractivity contribution >= 4 is 21.8 Å². The fourth-order valence-electron chi connectivity index (χ4n) is 1.08. The Morgan fingerprint density at radius 2 is 2.33 bits per heavy atom. The molecular weight excluding hydrogens is 262 g/mol. The molecule has 15 heavy (non-hydrogen) atoms. The maximum Gasteiger partial charge on any atom is 0.255 e. The highest BCUT2D eigenvalue weighted by Crippen LogP contribution is 2.22. The second kappa shape index (κ2) is 5.60. The number of carbonyl (C=O) groups is 1. The molecule has 2 N–H and O–H groups in total. The molecule has 0 atom stereocenters. The zero-order chi connectivity index (χ0) is 11.3. The van der Waals surface area contributed by atoms with Gasteiger partial charge in [0, 0.05) is 11.9 Å². The minimum absolute atomic E-state index is 0.0529. The molecule has 1 aromatic carbocycles. The molecular formula is C10H12BrNO3. The molecule has 4 nitrogen and oxygen atoms in total. The van der Waals surface area contributed by atoms with Crippen molar-refractivity contribution in [3.05, 3.63) is 23.8 Å². The summed E-state index contributed by atoms with van der Waals surface area (Å²) in [5.74, 6) is 0.172. The molecule has 0 aliphatic heterocycles. The summed E-state index contributed by atoms with van der Waals surface area (Å²) in [4.78, 5) is 11.5. The van der Waals surface area contributed by atoms with Crippen LogP contribution >= 0.6 is 15.9 Å². The van der Waals surface area contributed by atoms with Gasteiger partial charge in [-0.05, 0) is 18.2 Å². The number of rotatable bonds is 4. The van der Waals surface area contributed by atoms with Gasteiger partial charge in [-0.3, -0.25) is 4.79 Å². The van der Waals surface area contributed by atoms with Crippen molar-refractivity contribution in [1.82, 2.24) is 5.32 Å². The van der Waals surface area contributed by atoms with Gasteiger partial charge in [0.2, 0.25) is 0 Å². The normalized spacial score (nSPS) is 9.73. The number of nitrogens with one attached hydrogen (secondary N) is 1. The first-order chi connectivity index (χ1) is 7.19. The van der Waals surface area contributed by atoms with E-state index in [1.54, 1.807) is 6.07 Å². The van der Waals surface area contributed by atoms with E-state index < -0.39 is 0 Å². The van der Waals surface area contributed by atoms with Crippen molar-refractivity contribution < 1.29 is 14.6 Å². The van der Waals surface area contributed by atoms with Crippen molar-refractivity contribution in [2.75, 3.05) is 19.0 Å². The van der Waals surface area contributed by atoms with Gasteiger partial charge in [-0.15, -0.1) is 0 Å². The van der Waals surface area contributed by atoms with Gasteiger partial charge < -0.3 is 15.2 Å². The van der Waals surface area contributed by atoms with Crippen LogP contribution in [0.3, 0.4) is 0 Å². The lowest BCUT2D eigenvalue weighted by atomic mass is 10.2. The van der Waals surface area contributed by atoms with E-state index in [0.717, 1.165) is 0 Å². The van der Waals surface area contributed by atoms with E-state index in [2.05, 4.69) is 21.2 Å². The molecule has 1 aromatic rings. The first-order valence-corrected chi connectivity index (χ1v) is 5.52. The highest BCUT2D eigenvalue weighted by Gasteiger charge is 2.11. The number of benzene rings is 1. The third-order valence-electron chi connectivity index (χ3n) is 1.83. The van der Waals surface area contributed by atoms with E-state index in [1.807, 2.05) is 0 Å². The fraction of sp³-hybridized carbons (Fsp3) is 0.300. The van der Waals surface area contributed by atoms with E-state index in [1.165, 1.54) is 19.2 Å². The van der Waals surface area contributed by atoms with Gasteiger partial charge >= 0.3 is 0 Å². The van der Waals surface area contributed by atoms with E-state index >= 15 is 0 Å². The predicted molar refractivity (Wildman–Crippen MR) is 60.8 cm³/mol. The summed E-state index contributed by atoms with van der Waals surface area (Å²) in [6.45, 7) is 0.509. The number of amides is 1. The number of aromatic hydroxyl groups is 1. The Kier molecular flexibility index (Phi) is 4.42. The molecule has 0 heterocycles. The number of hydrogen-bond acceptors (Lipinski definition) is 3. The molecule has 0 saturated carbocycles. The number of ether oxygens (including phenoxy) is 1. The number of phenols is 1. The van der Waals surface area contributed by atoms with Crippen LogP contribution in [0.25, 0.3) is 0 Å². The highest BCUT2D eigenvalue weighted by atomic mass is 79.9. The Hall–Kier alpha value is -1.23. The zero-order valence-corrected chi connectivity index (χ0v) is 9.87. The maximum absolute atomic E-state index is 11.5. The first-order valence-electron chi connectivity index (χ1n) is 4.40. The summed E-state index contributed by atoms with van der Waals surface area (Å²) in [7, 11) is 1.51. The summed E-state index contributed by atoms with van der Waals surface area (Å²) in [5.41, 5.74) is 0.218. The Labute approximate surface area is 96.4 Å². The second-order valence-electron chi connectivity index (χ2n) is 2.83. The standard InChI is InChI=1S/C10H12BrNO3/c1-15-7-2-3-9(13)8(6-7)10(14)12-5-4-11/h2-3,6,13H,4-5H2,1H3,(H,12,14). The number of alkyl halides is 1. The van der Waals surface area contributed by atoms with Crippen LogP contribution in [-0.4, -0.2) is 30.0 Å². The van der Waals surface area contributed by atoms with Gasteiger partial charge in [-0.1, -0.05) is 15.9 Å². The summed E-state index contributed by atoms with van der Waals surface area (Å²) in [6.07, 6.45) is 0. The predicted octanol–water partition coefficient (Wildman–Crippen LogP) is 1.53. The smallest absolute Gasteiger partial charge is 0.255 e. The summed E-state index contributed by atoms with van der Waals surface area (Å²) in [5, 5.41) is 12.8. The molecule has 1 rings (SSSR count). The number of methoxy groups -OCH3 is 1. The Bertz CT molecular complexity index is 355. The van der Waals surface area contributed by atoms with Crippen LogP contribution in [0, 0.1) is 0 Å². The van der Waals surface area contributed by atoms with Crippen LogP contribution in [0.15, 0.2) is 18.2 Å². The molecule has 0 unspecified atom stereocenters. The molecule has 0 spiro atoms. The van der Waals surface area contributed by atoms with Gasteiger partial charge in [0.25, 0.3) is 5.91 Å². The maximum atomic E-state index is 11.5. The molecule has 1 amide bonds. The van der Waals surface area contributed by atoms with Crippen LogP contribution in [0.4, 0.5) is 0 Å². The monoisotopic (exact) mass is 273 g/mol. The van der Waals surface area contributed by atoms with Crippen LogP contribution in [-0.2, 0) is 0 Å². The molecule has 0 fully saturated rings. The lowest BCUT2D eigenvalue weighted by Crippen LogP contribution is -2.25. The quantitative estimate of drug-likeness (QED) is 0.818. The number of hydrogen-bond donors (Lipinski definition) is 2. The molecule has 0 radical (unpaired) electrons. The van der Waals surface area contributed by atoms with Crippen molar-refractivity contribution in [3.63, 3.8) is 0 Å². The van der Waals surface area contributed by atoms with Crippen molar-refractivity contribution in [1.29, 1.82) is 0 Å². The van der Waals surface area contributed by atoms with Crippen LogP contribution in [0.1, 0.15) is 10.4 Å². The third kappa shape index (κ3) is 3.13. The number of halogens is 1. The summed E-state index contributed by atoms with van der Waals surface area (Å²) < 4.78 is 4.96. The molecule has 0 saturated heterocycles. The van der Waals surface area contributed by atoms with Crippen molar-refractivity contribution in [3.8, 4) is 11.5 Å². The lowest BCUT2D eigenvalue weighted by molar-refractivity contribution is 0.0953. The first kappa shape index (κ1) is 11.8. The highest BCUT2D eigenvalue weighted by molar-refractivity contribution is 9.09. The van der Waals surface area contributed by atoms with Gasteiger partial charge in [-0.25, -0.2) is 0 Å². The molecule has 0 aliphatic rings. The number of carbonyl (C=O) groups excluding carboxylic acids is 1. The van der Waals surface area contributed by atoms with Crippen molar-refractivity contribution in [2.24, 2.45) is 0 Å². The van der Waals surface area contributed by atoms with Gasteiger partial charge in [-0.2, -0.15) is 0 Å². The minimum atomic E-state index is -0.314. The lowest BCUT2D eigenvalue weighted by Gasteiger charge is -2.07. The molecule has 82 valence electrons. The molecule has 0 bridgehead atoms. The van der Waals surface area contributed by atoms with Crippen LogP contribution in [0.2, 0.25) is 0 Å². The van der Waals surface area contributed by atoms with Gasteiger partial charge in [0.05, 0.1) is 12.7 Å². The summed E-state index contributed by atoms with van der Waals surface area (Å²) >= 11 is 3.20. The molecule has 0 aliphatic carbocycles. The van der Waals surface area contributed by atoms with Crippen LogP contribution in [0.5, 0.6) is 11.5 Å². The number of phenolic OH excluding ortho intramolecular Hbond substituents is 1. The average molecular weight is 274 g/mol. The second-order valence-corrected chi connectivity index (χ2v) is 3.62. The topological polar surface area (TPSA) is 58.6 Å². The largest absolute Gasteiger partial charge is 0.507 e. The van der Waals surface area contributed by atoms with E-state index in [4.69, 9.17) is 4.74 Å². The van der Waals surface area contributed by atoms with Crippen molar-refractivity contribution in [2.45, 2.75) is 0 Å². The minimum Gasteiger partial charge on any atom is -0.507 e. The van der Waals surface area contributed by atoms with E-state index in [-0.39, 0.29) is 17.2 Å². The fourth-order valence-corrected chi connectivity index (χ4v) is 1.28.